The highest BCUT2D eigenvalue weighted by Crippen LogP contribution is 2.44. The van der Waals surface area contributed by atoms with Crippen LogP contribution in [0.25, 0.3) is 0 Å². The summed E-state index contributed by atoms with van der Waals surface area (Å²) in [5.74, 6) is 0.495. The summed E-state index contributed by atoms with van der Waals surface area (Å²) in [6.45, 7) is 8.00. The molecule has 1 aromatic carbocycles. The van der Waals surface area contributed by atoms with Crippen molar-refractivity contribution >= 4 is 20.3 Å². The van der Waals surface area contributed by atoms with E-state index in [1.54, 1.807) is 26.1 Å². The Labute approximate surface area is 182 Å². The van der Waals surface area contributed by atoms with Crippen LogP contribution < -0.4 is 21.0 Å². The number of hydrogen-bond acceptors (Lipinski definition) is 8. The lowest BCUT2D eigenvalue weighted by Gasteiger charge is -2.39. The number of rotatable bonds is 10. The Morgan fingerprint density at radius 2 is 2.10 bits per heavy atom. The van der Waals surface area contributed by atoms with Crippen LogP contribution in [0.5, 0.6) is 5.75 Å². The number of nitrogen functional groups attached to an aromatic ring is 1. The smallest absolute Gasteiger partial charge is 0.350 e. The minimum absolute atomic E-state index is 0.0303. The van der Waals surface area contributed by atoms with Crippen molar-refractivity contribution in [2.24, 2.45) is 5.92 Å². The molecular weight excluding hydrogens is 419 g/mol. The molecule has 1 aromatic heterocycles. The van der Waals surface area contributed by atoms with Crippen LogP contribution in [0.15, 0.2) is 59.5 Å². The van der Waals surface area contributed by atoms with Crippen LogP contribution in [0.2, 0.25) is 0 Å². The third-order valence-electron chi connectivity index (χ3n) is 4.69. The summed E-state index contributed by atoms with van der Waals surface area (Å²) < 4.78 is 18.5. The van der Waals surface area contributed by atoms with Gasteiger partial charge in [-0.05, 0) is 44.0 Å². The van der Waals surface area contributed by atoms with Crippen LogP contribution >= 0.6 is 8.53 Å². The number of nitrogens with two attached hydrogens (primary N) is 1. The number of benzene rings is 1. The van der Waals surface area contributed by atoms with E-state index < -0.39 is 14.2 Å². The highest BCUT2D eigenvalue weighted by Gasteiger charge is 2.36. The third-order valence-corrected chi connectivity index (χ3v) is 5.87. The Morgan fingerprint density at radius 1 is 1.35 bits per heavy atom. The zero-order valence-electron chi connectivity index (χ0n) is 17.6. The minimum atomic E-state index is -1.59. The zero-order valence-corrected chi connectivity index (χ0v) is 18.5. The van der Waals surface area contributed by atoms with Gasteiger partial charge in [0.25, 0.3) is 0 Å². The molecule has 10 heteroatoms. The van der Waals surface area contributed by atoms with E-state index in [1.807, 2.05) is 30.3 Å². The first-order chi connectivity index (χ1) is 14.8. The molecule has 31 heavy (non-hydrogen) atoms. The molecule has 3 atom stereocenters. The second-order valence-corrected chi connectivity index (χ2v) is 8.67. The number of ether oxygens (including phenoxy) is 1. The van der Waals surface area contributed by atoms with Crippen LogP contribution in [0.4, 0.5) is 5.82 Å². The maximum atomic E-state index is 12.1. The minimum Gasteiger partial charge on any atom is -0.462 e. The van der Waals surface area contributed by atoms with Crippen LogP contribution in [0, 0.1) is 5.92 Å². The van der Waals surface area contributed by atoms with Crippen molar-refractivity contribution < 1.29 is 18.6 Å². The van der Waals surface area contributed by atoms with E-state index in [0.717, 1.165) is 5.57 Å². The number of hydrogen-bond donors (Lipinski definition) is 2. The number of para-hydroxylation sites is 1. The molecule has 0 spiro atoms. The fourth-order valence-corrected chi connectivity index (χ4v) is 4.18. The highest BCUT2D eigenvalue weighted by molar-refractivity contribution is 7.45. The molecule has 2 aromatic rings. The average molecular weight is 446 g/mol. The molecule has 1 saturated carbocycles. The van der Waals surface area contributed by atoms with Crippen LogP contribution in [-0.2, 0) is 14.1 Å². The fraction of sp³-hybridized carbons (Fsp3) is 0.381. The number of carbonyl (C=O) groups is 1. The number of aromatic nitrogens is 2. The fourth-order valence-electron chi connectivity index (χ4n) is 3.09. The number of nitrogens with one attached hydrogen (secondary N) is 1. The molecule has 0 aliphatic heterocycles. The van der Waals surface area contributed by atoms with Crippen molar-refractivity contribution in [3.63, 3.8) is 0 Å². The lowest BCUT2D eigenvalue weighted by molar-refractivity contribution is -0.145. The normalized spacial score (nSPS) is 19.0. The van der Waals surface area contributed by atoms with E-state index in [1.165, 1.54) is 4.57 Å². The van der Waals surface area contributed by atoms with Crippen molar-refractivity contribution in [1.82, 2.24) is 14.6 Å². The number of nitrogens with zero attached hydrogens (tertiary/aromatic N) is 2. The molecule has 1 heterocycles. The SMILES string of the molecule is C=C1C(COP(NCC(=O)OC(C)C)Oc2ccccc2)CC1n1ccc(N)nc1=O. The zero-order chi connectivity index (χ0) is 22.4. The summed E-state index contributed by atoms with van der Waals surface area (Å²) in [6, 6.07) is 10.7. The molecule has 3 rings (SSSR count). The Kier molecular flexibility index (Phi) is 7.79. The van der Waals surface area contributed by atoms with Gasteiger partial charge in [0.2, 0.25) is 0 Å². The predicted molar refractivity (Wildman–Crippen MR) is 118 cm³/mol. The van der Waals surface area contributed by atoms with Gasteiger partial charge in [-0.2, -0.15) is 4.98 Å². The van der Waals surface area contributed by atoms with Gasteiger partial charge < -0.3 is 19.5 Å². The van der Waals surface area contributed by atoms with Crippen molar-refractivity contribution in [1.29, 1.82) is 0 Å². The first kappa shape index (κ1) is 22.9. The van der Waals surface area contributed by atoms with Gasteiger partial charge in [-0.1, -0.05) is 24.8 Å². The maximum Gasteiger partial charge on any atom is 0.350 e. The van der Waals surface area contributed by atoms with Gasteiger partial charge in [0, 0.05) is 12.1 Å². The van der Waals surface area contributed by atoms with Crippen molar-refractivity contribution in [3.8, 4) is 5.75 Å². The second kappa shape index (κ2) is 10.5. The Morgan fingerprint density at radius 3 is 2.74 bits per heavy atom. The van der Waals surface area contributed by atoms with Gasteiger partial charge in [0.15, 0.2) is 0 Å². The van der Waals surface area contributed by atoms with E-state index in [9.17, 15) is 9.59 Å². The van der Waals surface area contributed by atoms with Gasteiger partial charge in [-0.3, -0.25) is 9.36 Å². The summed E-state index contributed by atoms with van der Waals surface area (Å²) in [7, 11) is -1.59. The molecule has 166 valence electrons. The summed E-state index contributed by atoms with van der Waals surface area (Å²) in [5.41, 5.74) is 6.03. The highest BCUT2D eigenvalue weighted by atomic mass is 31.2. The van der Waals surface area contributed by atoms with E-state index in [0.29, 0.717) is 18.8 Å². The lowest BCUT2D eigenvalue weighted by atomic mass is 9.76. The van der Waals surface area contributed by atoms with Crippen molar-refractivity contribution in [3.05, 3.63) is 65.2 Å². The number of anilines is 1. The summed E-state index contributed by atoms with van der Waals surface area (Å²) >= 11 is 0. The van der Waals surface area contributed by atoms with Gasteiger partial charge >= 0.3 is 20.2 Å². The molecule has 0 amide bonds. The monoisotopic (exact) mass is 446 g/mol. The van der Waals surface area contributed by atoms with Crippen molar-refractivity contribution in [2.75, 3.05) is 18.9 Å². The molecule has 0 saturated heterocycles. The van der Waals surface area contributed by atoms with Gasteiger partial charge in [0.05, 0.1) is 18.8 Å². The van der Waals surface area contributed by atoms with Crippen molar-refractivity contribution in [2.45, 2.75) is 32.4 Å². The van der Waals surface area contributed by atoms with Crippen LogP contribution in [0.1, 0.15) is 26.3 Å². The Hall–Kier alpha value is -2.74. The Bertz CT molecular complexity index is 966. The summed E-state index contributed by atoms with van der Waals surface area (Å²) in [4.78, 5) is 27.7. The first-order valence-corrected chi connectivity index (χ1v) is 11.1. The predicted octanol–water partition coefficient (Wildman–Crippen LogP) is 2.81. The second-order valence-electron chi connectivity index (χ2n) is 7.40. The molecule has 3 unspecified atom stereocenters. The van der Waals surface area contributed by atoms with E-state index in [2.05, 4.69) is 16.7 Å². The first-order valence-electron chi connectivity index (χ1n) is 9.96. The average Bonchev–Trinajstić information content (AvgIpc) is 2.72. The molecule has 0 radical (unpaired) electrons. The van der Waals surface area contributed by atoms with Crippen LogP contribution in [0.3, 0.4) is 0 Å². The van der Waals surface area contributed by atoms with E-state index in [-0.39, 0.29) is 36.4 Å². The van der Waals surface area contributed by atoms with E-state index in [4.69, 9.17) is 19.5 Å². The number of esters is 1. The lowest BCUT2D eigenvalue weighted by Crippen LogP contribution is -2.38. The Balaban J connectivity index is 1.56. The maximum absolute atomic E-state index is 12.1. The third kappa shape index (κ3) is 6.37. The quantitative estimate of drug-likeness (QED) is 0.325. The van der Waals surface area contributed by atoms with Gasteiger partial charge in [-0.15, -0.1) is 0 Å². The topological polar surface area (TPSA) is 118 Å². The van der Waals surface area contributed by atoms with Gasteiger partial charge in [0.1, 0.15) is 18.1 Å². The summed E-state index contributed by atoms with van der Waals surface area (Å²) in [6.07, 6.45) is 2.12. The summed E-state index contributed by atoms with van der Waals surface area (Å²) in [5, 5.41) is 2.99. The molecule has 9 nitrogen and oxygen atoms in total. The molecule has 1 fully saturated rings. The van der Waals surface area contributed by atoms with Crippen LogP contribution in [-0.4, -0.2) is 34.8 Å². The van der Waals surface area contributed by atoms with E-state index >= 15 is 0 Å². The largest absolute Gasteiger partial charge is 0.462 e. The molecule has 1 aliphatic rings. The molecule has 3 N–H and O–H groups in total. The molecular formula is C21H27N4O5P. The molecule has 0 bridgehead atoms. The standard InChI is InChI=1S/C21H27N4O5P/c1-14(2)29-20(26)12-23-31(30-17-7-5-4-6-8-17)28-13-16-11-18(15(16)3)25-10-9-19(22)24-21(25)27/h4-10,14,16,18,23H,3,11-13H2,1-2H3,(H2,22,24,27). The van der Waals surface area contributed by atoms with Gasteiger partial charge in [-0.25, -0.2) is 9.88 Å². The number of carbonyl (C=O) groups excluding carboxylic acids is 1. The molecule has 1 aliphatic carbocycles.